The molecule has 1 aliphatic heterocycles. The molecule has 20 heavy (non-hydrogen) atoms. The fraction of sp³-hybridized carbons (Fsp3) is 0.133. The molecule has 0 radical (unpaired) electrons. The molecular weight excluding hydrogens is 250 g/mol. The second kappa shape index (κ2) is 3.25. The number of hydrogen-bond donors (Lipinski definition) is 0. The molecule has 0 bridgehead atoms. The van der Waals surface area contributed by atoms with Crippen LogP contribution in [0, 0.1) is 0 Å². The summed E-state index contributed by atoms with van der Waals surface area (Å²) in [4.78, 5) is 9.01. The van der Waals surface area contributed by atoms with E-state index in [-0.39, 0.29) is 0 Å². The van der Waals surface area contributed by atoms with Gasteiger partial charge in [0.1, 0.15) is 6.54 Å². The first kappa shape index (κ1) is 7.79. The van der Waals surface area contributed by atoms with E-state index in [4.69, 9.17) is 4.11 Å². The van der Waals surface area contributed by atoms with Gasteiger partial charge in [0.2, 0.25) is 5.82 Å². The van der Waals surface area contributed by atoms with E-state index in [1.54, 1.807) is 6.20 Å². The topological polar surface area (TPSA) is 39.0 Å². The minimum atomic E-state index is -2.30. The maximum absolute atomic E-state index is 8.02. The number of nitrogens with zero attached hydrogens (tertiary/aromatic N) is 5. The van der Waals surface area contributed by atoms with Crippen molar-refractivity contribution in [2.45, 2.75) is 6.54 Å². The van der Waals surface area contributed by atoms with Crippen LogP contribution in [-0.4, -0.2) is 18.9 Å². The first-order chi connectivity index (χ1) is 11.1. The molecule has 96 valence electrons. The quantitative estimate of drug-likeness (QED) is 0.398. The fourth-order valence-corrected chi connectivity index (χ4v) is 3.01. The fourth-order valence-electron chi connectivity index (χ4n) is 3.01. The summed E-state index contributed by atoms with van der Waals surface area (Å²) in [6.07, 6.45) is 3.57. The number of imidazole rings is 2. The van der Waals surface area contributed by atoms with Crippen molar-refractivity contribution >= 4 is 16.9 Å². The van der Waals surface area contributed by atoms with Gasteiger partial charge in [0, 0.05) is 6.20 Å². The van der Waals surface area contributed by atoms with Crippen LogP contribution in [0.25, 0.3) is 28.3 Å². The van der Waals surface area contributed by atoms with E-state index in [1.807, 2.05) is 45.5 Å². The summed E-state index contributed by atoms with van der Waals surface area (Å²) < 4.78 is 29.2. The third-order valence-corrected chi connectivity index (χ3v) is 3.86. The lowest BCUT2D eigenvalue weighted by Crippen LogP contribution is -2.30. The van der Waals surface area contributed by atoms with Gasteiger partial charge in [0.15, 0.2) is 5.65 Å². The largest absolute Gasteiger partial charge is 0.294 e. The molecule has 4 aromatic rings. The Morgan fingerprint density at radius 1 is 1.30 bits per heavy atom. The smallest absolute Gasteiger partial charge is 0.257 e. The summed E-state index contributed by atoms with van der Waals surface area (Å²) >= 11 is 0. The Morgan fingerprint density at radius 2 is 2.30 bits per heavy atom. The zero-order chi connectivity index (χ0) is 15.8. The summed E-state index contributed by atoms with van der Waals surface area (Å²) in [6.45, 7) is -1.77. The molecule has 0 saturated heterocycles. The predicted octanol–water partition coefficient (Wildman–Crippen LogP) is 1.54. The standard InChI is InChI=1S/C15H12N5/c1-18-14-10-5-4-7-16-11(10)9-20(14)13-15(18)19-8-3-2-6-12(19)17-13/h2-8H,9H2,1H3/q+1/i1D3. The maximum atomic E-state index is 8.02. The summed E-state index contributed by atoms with van der Waals surface area (Å²) in [5.74, 6) is 0.642. The minimum absolute atomic E-state index is 0.537. The van der Waals surface area contributed by atoms with Crippen LogP contribution in [-0.2, 0) is 13.5 Å². The van der Waals surface area contributed by atoms with Crippen LogP contribution in [0.1, 0.15) is 9.81 Å². The van der Waals surface area contributed by atoms with Crippen LogP contribution in [0.15, 0.2) is 42.7 Å². The van der Waals surface area contributed by atoms with Crippen LogP contribution in [0.2, 0.25) is 0 Å². The van der Waals surface area contributed by atoms with E-state index < -0.39 is 6.98 Å². The maximum Gasteiger partial charge on any atom is 0.294 e. The van der Waals surface area contributed by atoms with Gasteiger partial charge in [-0.3, -0.25) is 4.98 Å². The summed E-state index contributed by atoms with van der Waals surface area (Å²) in [7, 11) is 0. The number of pyridine rings is 2. The van der Waals surface area contributed by atoms with Gasteiger partial charge in [-0.05, 0) is 24.3 Å². The van der Waals surface area contributed by atoms with E-state index in [9.17, 15) is 0 Å². The SMILES string of the molecule is [2H]C([2H])([2H])[n+]1c2n(c3nc4ccccn4c31)Cc1ncccc1-2. The molecule has 4 aromatic heterocycles. The average Bonchev–Trinajstić information content (AvgIpc) is 3.13. The molecule has 0 spiro atoms. The Bertz CT molecular complexity index is 1090. The lowest BCUT2D eigenvalue weighted by molar-refractivity contribution is -0.636. The highest BCUT2D eigenvalue weighted by Crippen LogP contribution is 2.31. The summed E-state index contributed by atoms with van der Waals surface area (Å²) in [5, 5.41) is 0. The van der Waals surface area contributed by atoms with E-state index in [0.29, 0.717) is 23.7 Å². The second-order valence-corrected chi connectivity index (χ2v) is 4.93. The highest BCUT2D eigenvalue weighted by Gasteiger charge is 2.34. The van der Waals surface area contributed by atoms with Crippen molar-refractivity contribution in [3.63, 3.8) is 0 Å². The minimum Gasteiger partial charge on any atom is -0.257 e. The van der Waals surface area contributed by atoms with Gasteiger partial charge in [0.25, 0.3) is 11.3 Å². The van der Waals surface area contributed by atoms with Gasteiger partial charge in [-0.15, -0.1) is 0 Å². The molecule has 5 rings (SSSR count). The Kier molecular flexibility index (Phi) is 1.27. The Morgan fingerprint density at radius 3 is 3.25 bits per heavy atom. The van der Waals surface area contributed by atoms with Crippen LogP contribution in [0.3, 0.4) is 0 Å². The van der Waals surface area contributed by atoms with E-state index in [1.165, 1.54) is 4.57 Å². The van der Waals surface area contributed by atoms with E-state index in [2.05, 4.69) is 9.97 Å². The Hall–Kier alpha value is -2.69. The molecule has 5 nitrogen and oxygen atoms in total. The van der Waals surface area contributed by atoms with Gasteiger partial charge in [-0.2, -0.15) is 4.98 Å². The zero-order valence-corrected chi connectivity index (χ0v) is 10.5. The number of aromatic nitrogens is 5. The van der Waals surface area contributed by atoms with Crippen molar-refractivity contribution in [3.8, 4) is 11.4 Å². The first-order valence-corrected chi connectivity index (χ1v) is 6.42. The number of aryl methyl sites for hydroxylation is 1. The monoisotopic (exact) mass is 265 g/mol. The molecule has 0 N–H and O–H groups in total. The van der Waals surface area contributed by atoms with Gasteiger partial charge in [-0.25, -0.2) is 13.5 Å². The number of fused-ring (bicyclic) bond motifs is 7. The molecule has 0 fully saturated rings. The molecule has 0 aliphatic carbocycles. The molecular formula is C15H12N5+. The predicted molar refractivity (Wildman–Crippen MR) is 74.2 cm³/mol. The van der Waals surface area contributed by atoms with Crippen molar-refractivity contribution in [3.05, 3.63) is 48.4 Å². The van der Waals surface area contributed by atoms with Crippen LogP contribution >= 0.6 is 0 Å². The molecule has 0 saturated carbocycles. The molecule has 0 atom stereocenters. The molecule has 0 amide bonds. The van der Waals surface area contributed by atoms with Crippen LogP contribution in [0.5, 0.6) is 0 Å². The normalized spacial score (nSPS) is 15.9. The van der Waals surface area contributed by atoms with Gasteiger partial charge in [-0.1, -0.05) is 6.07 Å². The van der Waals surface area contributed by atoms with Crippen LogP contribution in [0.4, 0.5) is 0 Å². The Balaban J connectivity index is 2.01. The molecule has 5 heterocycles. The van der Waals surface area contributed by atoms with Crippen LogP contribution < -0.4 is 4.57 Å². The van der Waals surface area contributed by atoms with Gasteiger partial charge in [0.05, 0.1) is 28.5 Å². The number of rotatable bonds is 0. The molecule has 5 heteroatoms. The third-order valence-electron chi connectivity index (χ3n) is 3.86. The first-order valence-electron chi connectivity index (χ1n) is 7.92. The van der Waals surface area contributed by atoms with Crippen molar-refractivity contribution in [1.82, 2.24) is 18.9 Å². The summed E-state index contributed by atoms with van der Waals surface area (Å²) in [5.41, 5.74) is 3.71. The molecule has 1 aliphatic rings. The molecule has 0 aromatic carbocycles. The van der Waals surface area contributed by atoms with Crippen molar-refractivity contribution in [2.24, 2.45) is 6.98 Å². The third kappa shape index (κ3) is 1.02. The summed E-state index contributed by atoms with van der Waals surface area (Å²) in [6, 6.07) is 9.37. The second-order valence-electron chi connectivity index (χ2n) is 4.93. The Labute approximate surface area is 119 Å². The van der Waals surface area contributed by atoms with Crippen molar-refractivity contribution < 1.29 is 8.68 Å². The van der Waals surface area contributed by atoms with Crippen molar-refractivity contribution in [2.75, 3.05) is 0 Å². The van der Waals surface area contributed by atoms with E-state index >= 15 is 0 Å². The average molecular weight is 265 g/mol. The van der Waals surface area contributed by atoms with Crippen molar-refractivity contribution in [1.29, 1.82) is 0 Å². The lowest BCUT2D eigenvalue weighted by Gasteiger charge is -1.96. The highest BCUT2D eigenvalue weighted by atomic mass is 15.3. The highest BCUT2D eigenvalue weighted by molar-refractivity contribution is 5.77. The van der Waals surface area contributed by atoms with Gasteiger partial charge < -0.3 is 0 Å². The lowest BCUT2D eigenvalue weighted by atomic mass is 10.2. The number of hydrogen-bond acceptors (Lipinski definition) is 2. The molecule has 0 unspecified atom stereocenters. The van der Waals surface area contributed by atoms with E-state index in [0.717, 1.165) is 16.9 Å². The zero-order valence-electron chi connectivity index (χ0n) is 13.5. The van der Waals surface area contributed by atoms with Gasteiger partial charge >= 0.3 is 0 Å².